The molecular weight excluding hydrogens is 573 g/mol. The van der Waals surface area contributed by atoms with Gasteiger partial charge in [-0.05, 0) is 71.4 Å². The summed E-state index contributed by atoms with van der Waals surface area (Å²) in [4.78, 5) is 26.4. The number of nitrogens with one attached hydrogen (secondary N) is 2. The van der Waals surface area contributed by atoms with Crippen LogP contribution in [-0.2, 0) is 26.3 Å². The molecule has 8 nitrogen and oxygen atoms in total. The van der Waals surface area contributed by atoms with Crippen molar-refractivity contribution in [3.05, 3.63) is 59.4 Å². The van der Waals surface area contributed by atoms with E-state index in [0.717, 1.165) is 17.5 Å². The van der Waals surface area contributed by atoms with E-state index in [1.807, 2.05) is 45.9 Å². The highest BCUT2D eigenvalue weighted by Gasteiger charge is 2.30. The summed E-state index contributed by atoms with van der Waals surface area (Å²) in [6, 6.07) is 11.3. The van der Waals surface area contributed by atoms with Gasteiger partial charge in [0.1, 0.15) is 11.6 Å². The van der Waals surface area contributed by atoms with Crippen molar-refractivity contribution in [2.75, 3.05) is 25.6 Å². The molecule has 0 saturated heterocycles. The van der Waals surface area contributed by atoms with Gasteiger partial charge in [0.25, 0.3) is 0 Å². The number of methoxy groups -OCH3 is 1. The molecule has 2 rings (SSSR count). The average Bonchev–Trinajstić information content (AvgIpc) is 2.96. The summed E-state index contributed by atoms with van der Waals surface area (Å²) in [5.41, 5.74) is 8.89. The van der Waals surface area contributed by atoms with E-state index >= 15 is 0 Å². The predicted octanol–water partition coefficient (Wildman–Crippen LogP) is 6.20. The second-order valence-electron chi connectivity index (χ2n) is 13.8. The van der Waals surface area contributed by atoms with E-state index in [2.05, 4.69) is 31.4 Å². The van der Waals surface area contributed by atoms with Crippen molar-refractivity contribution in [3.8, 4) is 5.75 Å². The largest absolute Gasteiger partial charge is 0.491 e. The highest BCUT2D eigenvalue weighted by molar-refractivity contribution is 5.92. The fourth-order valence-electron chi connectivity index (χ4n) is 5.18. The van der Waals surface area contributed by atoms with Crippen molar-refractivity contribution in [1.82, 2.24) is 5.32 Å². The SMILES string of the molecule is COCCCOc1ccc(C(C)(C)C)cc1NC(=O)C[C@@H](C[C@H](N)[C@@H](O)C[C@H](C(=O)NCc1ccc(F)cc1)C(C)C)C(C)C. The number of amides is 2. The number of carbonyl (C=O) groups is 2. The Labute approximate surface area is 269 Å². The van der Waals surface area contributed by atoms with E-state index < -0.39 is 18.1 Å². The van der Waals surface area contributed by atoms with Crippen LogP contribution in [0.2, 0.25) is 0 Å². The van der Waals surface area contributed by atoms with E-state index in [1.54, 1.807) is 19.2 Å². The van der Waals surface area contributed by atoms with Gasteiger partial charge in [-0.1, -0.05) is 66.7 Å². The van der Waals surface area contributed by atoms with E-state index in [4.69, 9.17) is 15.2 Å². The highest BCUT2D eigenvalue weighted by Crippen LogP contribution is 2.33. The third kappa shape index (κ3) is 13.1. The molecule has 0 unspecified atom stereocenters. The molecule has 4 atom stereocenters. The van der Waals surface area contributed by atoms with E-state index in [-0.39, 0.29) is 60.2 Å². The Morgan fingerprint density at radius 3 is 2.22 bits per heavy atom. The number of rotatable bonds is 18. The zero-order valence-electron chi connectivity index (χ0n) is 28.5. The van der Waals surface area contributed by atoms with Crippen LogP contribution in [0.1, 0.15) is 85.3 Å². The third-order valence-electron chi connectivity index (χ3n) is 8.35. The van der Waals surface area contributed by atoms with Crippen LogP contribution in [0.3, 0.4) is 0 Å². The molecule has 2 aromatic rings. The lowest BCUT2D eigenvalue weighted by atomic mass is 9.82. The zero-order valence-corrected chi connectivity index (χ0v) is 28.5. The minimum Gasteiger partial charge on any atom is -0.491 e. The van der Waals surface area contributed by atoms with Crippen molar-refractivity contribution in [1.29, 1.82) is 0 Å². The molecule has 0 aromatic heterocycles. The average molecular weight is 630 g/mol. The maximum absolute atomic E-state index is 13.4. The lowest BCUT2D eigenvalue weighted by Gasteiger charge is -2.29. The minimum atomic E-state index is -0.922. The lowest BCUT2D eigenvalue weighted by molar-refractivity contribution is -0.127. The van der Waals surface area contributed by atoms with Gasteiger partial charge in [-0.3, -0.25) is 9.59 Å². The molecule has 5 N–H and O–H groups in total. The molecule has 0 aliphatic heterocycles. The van der Waals surface area contributed by atoms with Gasteiger partial charge in [0.05, 0.1) is 18.4 Å². The van der Waals surface area contributed by atoms with Crippen LogP contribution in [-0.4, -0.2) is 49.4 Å². The lowest BCUT2D eigenvalue weighted by Crippen LogP contribution is -2.42. The van der Waals surface area contributed by atoms with Crippen molar-refractivity contribution in [3.63, 3.8) is 0 Å². The summed E-state index contributed by atoms with van der Waals surface area (Å²) in [5.74, 6) is -0.483. The molecule has 2 amide bonds. The van der Waals surface area contributed by atoms with E-state index in [9.17, 15) is 19.1 Å². The molecule has 45 heavy (non-hydrogen) atoms. The smallest absolute Gasteiger partial charge is 0.224 e. The molecule has 0 aliphatic rings. The number of halogens is 1. The fraction of sp³-hybridized carbons (Fsp3) is 0.611. The van der Waals surface area contributed by atoms with E-state index in [0.29, 0.717) is 31.1 Å². The molecule has 0 radical (unpaired) electrons. The van der Waals surface area contributed by atoms with Gasteiger partial charge < -0.3 is 30.9 Å². The summed E-state index contributed by atoms with van der Waals surface area (Å²) in [7, 11) is 1.65. The van der Waals surface area contributed by atoms with Gasteiger partial charge in [-0.15, -0.1) is 0 Å². The first kappa shape index (κ1) is 38.2. The standard InChI is InChI=1S/C36H56FN3O5/c1-23(2)26(19-34(42)40-31-20-27(36(5,6)7)12-15-33(31)45-17-9-16-44-8)18-30(38)32(41)21-29(24(3)4)35(43)39-22-25-10-13-28(37)14-11-25/h10-15,20,23-24,26,29-30,32,41H,9,16-19,21-22,38H2,1-8H3,(H,39,43)(H,40,42)/t26-,29+,30+,32+/m1/s1. The summed E-state index contributed by atoms with van der Waals surface area (Å²) in [6.07, 6.45) is 0.667. The van der Waals surface area contributed by atoms with Gasteiger partial charge in [0.2, 0.25) is 11.8 Å². The molecule has 252 valence electrons. The van der Waals surface area contributed by atoms with Crippen LogP contribution in [0.5, 0.6) is 5.75 Å². The first-order chi connectivity index (χ1) is 21.1. The first-order valence-electron chi connectivity index (χ1n) is 16.1. The monoisotopic (exact) mass is 629 g/mol. The summed E-state index contributed by atoms with van der Waals surface area (Å²) < 4.78 is 24.3. The number of carbonyl (C=O) groups excluding carboxylic acids is 2. The number of anilines is 1. The first-order valence-corrected chi connectivity index (χ1v) is 16.1. The van der Waals surface area contributed by atoms with Crippen LogP contribution in [0.4, 0.5) is 10.1 Å². The Morgan fingerprint density at radius 1 is 0.978 bits per heavy atom. The van der Waals surface area contributed by atoms with Crippen LogP contribution in [0, 0.1) is 29.5 Å². The second kappa shape index (κ2) is 18.2. The van der Waals surface area contributed by atoms with Crippen molar-refractivity contribution >= 4 is 17.5 Å². The molecule has 9 heteroatoms. The fourth-order valence-corrected chi connectivity index (χ4v) is 5.18. The summed E-state index contributed by atoms with van der Waals surface area (Å²) in [5, 5.41) is 17.1. The Hall–Kier alpha value is -3.01. The summed E-state index contributed by atoms with van der Waals surface area (Å²) >= 11 is 0. The molecule has 0 fully saturated rings. The van der Waals surface area contributed by atoms with Crippen molar-refractivity contribution in [2.45, 2.75) is 98.3 Å². The number of nitrogens with two attached hydrogens (primary N) is 1. The van der Waals surface area contributed by atoms with Crippen molar-refractivity contribution < 1.29 is 28.6 Å². The maximum Gasteiger partial charge on any atom is 0.224 e. The Balaban J connectivity index is 2.05. The van der Waals surface area contributed by atoms with Gasteiger partial charge in [-0.25, -0.2) is 4.39 Å². The number of aliphatic hydroxyl groups excluding tert-OH is 1. The Morgan fingerprint density at radius 2 is 1.64 bits per heavy atom. The minimum absolute atomic E-state index is 0.0264. The normalized spacial score (nSPS) is 14.6. The van der Waals surface area contributed by atoms with E-state index in [1.165, 1.54) is 12.1 Å². The Bertz CT molecular complexity index is 1200. The molecule has 0 bridgehead atoms. The Kier molecular flexibility index (Phi) is 15.5. The quantitative estimate of drug-likeness (QED) is 0.146. The summed E-state index contributed by atoms with van der Waals surface area (Å²) in [6.45, 7) is 15.6. The number of hydrogen-bond donors (Lipinski definition) is 4. The zero-order chi connectivity index (χ0) is 33.7. The third-order valence-corrected chi connectivity index (χ3v) is 8.35. The molecular formula is C36H56FN3O5. The van der Waals surface area contributed by atoms with Crippen LogP contribution >= 0.6 is 0 Å². The van der Waals surface area contributed by atoms with Crippen molar-refractivity contribution in [2.24, 2.45) is 29.4 Å². The van der Waals surface area contributed by atoms with Crippen LogP contribution in [0.25, 0.3) is 0 Å². The number of benzene rings is 2. The van der Waals surface area contributed by atoms with Crippen LogP contribution in [0.15, 0.2) is 42.5 Å². The van der Waals surface area contributed by atoms with Gasteiger partial charge in [0.15, 0.2) is 0 Å². The van der Waals surface area contributed by atoms with Gasteiger partial charge in [-0.2, -0.15) is 0 Å². The van der Waals surface area contributed by atoms with Gasteiger partial charge >= 0.3 is 0 Å². The topological polar surface area (TPSA) is 123 Å². The molecule has 0 spiro atoms. The maximum atomic E-state index is 13.4. The predicted molar refractivity (Wildman–Crippen MR) is 178 cm³/mol. The highest BCUT2D eigenvalue weighted by atomic mass is 19.1. The second-order valence-corrected chi connectivity index (χ2v) is 13.8. The number of hydrogen-bond acceptors (Lipinski definition) is 6. The molecule has 2 aromatic carbocycles. The molecule has 0 aliphatic carbocycles. The molecule has 0 saturated carbocycles. The molecule has 0 heterocycles. The van der Waals surface area contributed by atoms with Crippen LogP contribution < -0.4 is 21.1 Å². The number of ether oxygens (including phenoxy) is 2. The number of aliphatic hydroxyl groups is 1. The van der Waals surface area contributed by atoms with Gasteiger partial charge in [0, 0.05) is 45.1 Å².